The van der Waals surface area contributed by atoms with E-state index >= 15 is 0 Å². The molecule has 164 valence electrons. The summed E-state index contributed by atoms with van der Waals surface area (Å²) in [6.45, 7) is 5.39. The first-order valence-corrected chi connectivity index (χ1v) is 10.1. The molecule has 0 bridgehead atoms. The van der Waals surface area contributed by atoms with Gasteiger partial charge in [-0.05, 0) is 37.3 Å². The molecule has 0 aromatic carbocycles. The minimum atomic E-state index is -0.635. The van der Waals surface area contributed by atoms with Gasteiger partial charge in [-0.15, -0.1) is 0 Å². The highest BCUT2D eigenvalue weighted by molar-refractivity contribution is 6.06. The maximum absolute atomic E-state index is 12.7. The van der Waals surface area contributed by atoms with Gasteiger partial charge < -0.3 is 16.6 Å². The molecule has 3 aromatic heterocycles. The van der Waals surface area contributed by atoms with Crippen molar-refractivity contribution >= 4 is 23.4 Å². The number of carbonyl (C=O) groups excluding carboxylic acids is 1. The van der Waals surface area contributed by atoms with Crippen LogP contribution < -0.4 is 11.5 Å². The van der Waals surface area contributed by atoms with Crippen LogP contribution in [-0.4, -0.2) is 48.2 Å². The number of hydrogen-bond donors (Lipinski definition) is 3. The van der Waals surface area contributed by atoms with Gasteiger partial charge in [-0.25, -0.2) is 14.6 Å². The fourth-order valence-electron chi connectivity index (χ4n) is 3.56. The lowest BCUT2D eigenvalue weighted by molar-refractivity contribution is 0.100. The van der Waals surface area contributed by atoms with E-state index in [1.54, 1.807) is 18.6 Å². The molecule has 1 atom stereocenters. The summed E-state index contributed by atoms with van der Waals surface area (Å²) < 4.78 is 1.34. The van der Waals surface area contributed by atoms with Crippen LogP contribution in [0.1, 0.15) is 35.7 Å². The number of nitrogen functional groups attached to an aromatic ring is 1. The monoisotopic (exact) mass is 432 g/mol. The molecular weight excluding hydrogens is 408 g/mol. The zero-order valence-electron chi connectivity index (χ0n) is 17.6. The first-order chi connectivity index (χ1) is 15.3. The summed E-state index contributed by atoms with van der Waals surface area (Å²) in [7, 11) is 0. The number of amidine groups is 1. The number of pyridine rings is 1. The van der Waals surface area contributed by atoms with Gasteiger partial charge in [-0.3, -0.25) is 9.78 Å². The van der Waals surface area contributed by atoms with Gasteiger partial charge in [0.15, 0.2) is 0 Å². The number of nitrogens with two attached hydrogens (primary N) is 2. The third-order valence-electron chi connectivity index (χ3n) is 5.81. The lowest BCUT2D eigenvalue weighted by Gasteiger charge is -2.29. The summed E-state index contributed by atoms with van der Waals surface area (Å²) in [5, 5.41) is 13.2. The number of nitrogens with zero attached hydrogens (tertiary/aromatic N) is 6. The van der Waals surface area contributed by atoms with Crippen LogP contribution in [0.15, 0.2) is 54.7 Å². The number of aromatic nitrogens is 5. The highest BCUT2D eigenvalue weighted by Crippen LogP contribution is 2.47. The second-order valence-electron chi connectivity index (χ2n) is 7.94. The Labute approximate surface area is 184 Å². The van der Waals surface area contributed by atoms with Crippen LogP contribution in [0.5, 0.6) is 0 Å². The molecule has 1 aliphatic carbocycles. The highest BCUT2D eigenvalue weighted by atomic mass is 16.3. The third-order valence-corrected chi connectivity index (χ3v) is 5.81. The van der Waals surface area contributed by atoms with Gasteiger partial charge in [-0.2, -0.15) is 10.1 Å². The summed E-state index contributed by atoms with van der Waals surface area (Å²) in [6, 6.07) is 3.80. The minimum Gasteiger partial charge on any atom is -0.390 e. The number of rotatable bonds is 7. The standard InChI is InChI=1S/C22H24N8O2/c1-13(12-31)30-11-15(9-28-30)19(32)29-20(23)22(2,16-3-4-16)17-5-6-18(25-10-17)14-7-26-21(24)27-8-14/h5-11,16,31H,1,3-4,12H2,2H3,(H2,23,29,32)(H2,24,26,27). The predicted octanol–water partition coefficient (Wildman–Crippen LogP) is 1.65. The zero-order valence-corrected chi connectivity index (χ0v) is 17.6. The van der Waals surface area contributed by atoms with Gasteiger partial charge in [0.2, 0.25) is 5.95 Å². The summed E-state index contributed by atoms with van der Waals surface area (Å²) in [5.74, 6) is 0.189. The van der Waals surface area contributed by atoms with Gasteiger partial charge >= 0.3 is 0 Å². The largest absolute Gasteiger partial charge is 0.390 e. The normalized spacial score (nSPS) is 15.9. The van der Waals surface area contributed by atoms with Crippen molar-refractivity contribution in [2.24, 2.45) is 16.6 Å². The number of amides is 1. The Balaban J connectivity index is 1.61. The molecule has 3 aromatic rings. The van der Waals surface area contributed by atoms with E-state index in [2.05, 4.69) is 31.6 Å². The number of anilines is 1. The summed E-state index contributed by atoms with van der Waals surface area (Å²) in [4.78, 5) is 29.4. The maximum Gasteiger partial charge on any atom is 0.281 e. The Morgan fingerprint density at radius 3 is 2.56 bits per heavy atom. The topological polar surface area (TPSA) is 158 Å². The van der Waals surface area contributed by atoms with Gasteiger partial charge in [0.1, 0.15) is 5.84 Å². The molecule has 10 heteroatoms. The van der Waals surface area contributed by atoms with Crippen LogP contribution in [0.3, 0.4) is 0 Å². The second kappa shape index (κ2) is 8.31. The molecule has 1 amide bonds. The van der Waals surface area contributed by atoms with Gasteiger partial charge in [-0.1, -0.05) is 12.6 Å². The quantitative estimate of drug-likeness (QED) is 0.375. The van der Waals surface area contributed by atoms with Gasteiger partial charge in [0, 0.05) is 30.4 Å². The Hall–Kier alpha value is -3.92. The van der Waals surface area contributed by atoms with E-state index in [0.717, 1.165) is 24.0 Å². The highest BCUT2D eigenvalue weighted by Gasteiger charge is 2.46. The van der Waals surface area contributed by atoms with E-state index < -0.39 is 11.3 Å². The Morgan fingerprint density at radius 2 is 1.97 bits per heavy atom. The van der Waals surface area contributed by atoms with E-state index in [-0.39, 0.29) is 29.9 Å². The van der Waals surface area contributed by atoms with Crippen molar-refractivity contribution in [2.75, 3.05) is 12.3 Å². The van der Waals surface area contributed by atoms with Crippen molar-refractivity contribution in [2.45, 2.75) is 25.2 Å². The minimum absolute atomic E-state index is 0.201. The fraction of sp³-hybridized carbons (Fsp3) is 0.273. The van der Waals surface area contributed by atoms with Crippen LogP contribution >= 0.6 is 0 Å². The summed E-state index contributed by atoms with van der Waals surface area (Å²) in [5.41, 5.74) is 14.3. The molecule has 0 spiro atoms. The van der Waals surface area contributed by atoms with E-state index in [1.807, 2.05) is 19.1 Å². The molecule has 5 N–H and O–H groups in total. The molecule has 1 saturated carbocycles. The molecule has 1 fully saturated rings. The van der Waals surface area contributed by atoms with Crippen molar-refractivity contribution in [3.63, 3.8) is 0 Å². The SMILES string of the molecule is C=C(CO)n1cc(C(=O)N=C(N)C(C)(c2ccc(-c3cnc(N)nc3)nc2)C2CC2)cn1. The lowest BCUT2D eigenvalue weighted by atomic mass is 9.77. The number of hydrogen-bond acceptors (Lipinski definition) is 7. The lowest BCUT2D eigenvalue weighted by Crippen LogP contribution is -2.41. The van der Waals surface area contributed by atoms with E-state index in [4.69, 9.17) is 11.5 Å². The summed E-state index contributed by atoms with van der Waals surface area (Å²) >= 11 is 0. The molecule has 1 aliphatic rings. The van der Waals surface area contributed by atoms with Crippen LogP contribution in [0.25, 0.3) is 17.0 Å². The molecule has 10 nitrogen and oxygen atoms in total. The first-order valence-electron chi connectivity index (χ1n) is 10.1. The van der Waals surface area contributed by atoms with Gasteiger partial charge in [0.25, 0.3) is 5.91 Å². The first kappa shape index (κ1) is 21.3. The zero-order chi connectivity index (χ0) is 22.9. The molecule has 3 heterocycles. The van der Waals surface area contributed by atoms with Crippen LogP contribution in [0.2, 0.25) is 0 Å². The van der Waals surface area contributed by atoms with E-state index in [1.165, 1.54) is 17.1 Å². The predicted molar refractivity (Wildman–Crippen MR) is 120 cm³/mol. The van der Waals surface area contributed by atoms with E-state index in [9.17, 15) is 9.90 Å². The summed E-state index contributed by atoms with van der Waals surface area (Å²) in [6.07, 6.45) is 9.80. The third kappa shape index (κ3) is 4.00. The van der Waals surface area contributed by atoms with E-state index in [0.29, 0.717) is 11.4 Å². The number of carbonyl (C=O) groups is 1. The average molecular weight is 432 g/mol. The second-order valence-corrected chi connectivity index (χ2v) is 7.94. The fourth-order valence-corrected chi connectivity index (χ4v) is 3.56. The molecule has 0 aliphatic heterocycles. The smallest absolute Gasteiger partial charge is 0.281 e. The van der Waals surface area contributed by atoms with Crippen molar-refractivity contribution in [3.05, 3.63) is 60.8 Å². The van der Waals surface area contributed by atoms with Gasteiger partial charge in [0.05, 0.1) is 35.2 Å². The number of aliphatic hydroxyl groups excluding tert-OH is 1. The number of aliphatic imine (C=N–C) groups is 1. The van der Waals surface area contributed by atoms with Crippen LogP contribution in [-0.2, 0) is 5.41 Å². The molecule has 1 unspecified atom stereocenters. The molecular formula is C22H24N8O2. The van der Waals surface area contributed by atoms with Crippen LogP contribution in [0.4, 0.5) is 5.95 Å². The Bertz CT molecular complexity index is 1180. The van der Waals surface area contributed by atoms with Crippen molar-refractivity contribution in [1.29, 1.82) is 0 Å². The Kier molecular flexibility index (Phi) is 5.54. The number of aliphatic hydroxyl groups is 1. The maximum atomic E-state index is 12.7. The van der Waals surface area contributed by atoms with Crippen molar-refractivity contribution < 1.29 is 9.90 Å². The molecule has 0 saturated heterocycles. The molecule has 4 rings (SSSR count). The van der Waals surface area contributed by atoms with Crippen molar-refractivity contribution in [1.82, 2.24) is 24.7 Å². The average Bonchev–Trinajstić information content (AvgIpc) is 3.55. The van der Waals surface area contributed by atoms with Crippen LogP contribution in [0, 0.1) is 5.92 Å². The Morgan fingerprint density at radius 1 is 1.25 bits per heavy atom. The molecule has 32 heavy (non-hydrogen) atoms. The molecule has 0 radical (unpaired) electrons. The van der Waals surface area contributed by atoms with Crippen molar-refractivity contribution in [3.8, 4) is 11.3 Å².